The average Bonchev–Trinajstić information content (AvgIpc) is 2.70. The smallest absolute Gasteiger partial charge is 0.166 e. The van der Waals surface area contributed by atoms with Gasteiger partial charge in [-0.2, -0.15) is 0 Å². The molecule has 0 aliphatic rings. The van der Waals surface area contributed by atoms with E-state index < -0.39 is 0 Å². The van der Waals surface area contributed by atoms with Crippen LogP contribution in [0.1, 0.15) is 21.6 Å². The van der Waals surface area contributed by atoms with E-state index in [-0.39, 0.29) is 0 Å². The number of rotatable bonds is 2. The van der Waals surface area contributed by atoms with Crippen LogP contribution in [0.15, 0.2) is 30.3 Å². The summed E-state index contributed by atoms with van der Waals surface area (Å²) in [6.07, 6.45) is 0.828. The molecule has 0 aliphatic heterocycles. The zero-order valence-electron chi connectivity index (χ0n) is 8.87. The summed E-state index contributed by atoms with van der Waals surface area (Å²) in [4.78, 5) is 13.7. The van der Waals surface area contributed by atoms with Gasteiger partial charge in [-0.15, -0.1) is 0 Å². The molecular weight excluding hydrogens is 186 g/mol. The van der Waals surface area contributed by atoms with Crippen molar-refractivity contribution in [3.8, 4) is 11.3 Å². The number of hydrogen-bond donors (Lipinski definition) is 1. The summed E-state index contributed by atoms with van der Waals surface area (Å²) in [5.74, 6) is 0. The van der Waals surface area contributed by atoms with E-state index in [1.807, 2.05) is 12.1 Å². The molecule has 2 rings (SSSR count). The predicted octanol–water partition coefficient (Wildman–Crippen LogP) is 3.11. The topological polar surface area (TPSA) is 32.9 Å². The van der Waals surface area contributed by atoms with E-state index in [0.717, 1.165) is 17.5 Å². The summed E-state index contributed by atoms with van der Waals surface area (Å²) in [6, 6.07) is 9.90. The van der Waals surface area contributed by atoms with Gasteiger partial charge in [0.1, 0.15) is 0 Å². The molecule has 0 saturated carbocycles. The zero-order valence-corrected chi connectivity index (χ0v) is 8.87. The summed E-state index contributed by atoms with van der Waals surface area (Å²) in [5, 5.41) is 0. The molecule has 0 bridgehead atoms. The maximum absolute atomic E-state index is 10.6. The molecule has 0 radical (unpaired) electrons. The second-order valence-corrected chi connectivity index (χ2v) is 3.69. The molecule has 15 heavy (non-hydrogen) atoms. The van der Waals surface area contributed by atoms with Crippen molar-refractivity contribution in [1.29, 1.82) is 0 Å². The highest BCUT2D eigenvalue weighted by atomic mass is 16.1. The van der Waals surface area contributed by atoms with Crippen molar-refractivity contribution in [3.63, 3.8) is 0 Å². The molecule has 1 N–H and O–H groups in total. The number of carbonyl (C=O) groups excluding carboxylic acids is 1. The summed E-state index contributed by atoms with van der Waals surface area (Å²) in [6.45, 7) is 4.18. The van der Waals surface area contributed by atoms with E-state index in [4.69, 9.17) is 0 Å². The number of aromatic amines is 1. The Labute approximate surface area is 89.0 Å². The molecule has 0 saturated heterocycles. The van der Waals surface area contributed by atoms with Gasteiger partial charge in [0.15, 0.2) is 6.29 Å². The van der Waals surface area contributed by atoms with Crippen LogP contribution in [0.5, 0.6) is 0 Å². The van der Waals surface area contributed by atoms with Crippen LogP contribution in [-0.4, -0.2) is 11.3 Å². The summed E-state index contributed by atoms with van der Waals surface area (Å²) < 4.78 is 0. The Morgan fingerprint density at radius 1 is 1.13 bits per heavy atom. The fourth-order valence-corrected chi connectivity index (χ4v) is 1.68. The average molecular weight is 199 g/mol. The number of H-pyrrole nitrogens is 1. The molecule has 1 aromatic carbocycles. The van der Waals surface area contributed by atoms with Gasteiger partial charge in [0.2, 0.25) is 0 Å². The van der Waals surface area contributed by atoms with Crippen LogP contribution in [0.3, 0.4) is 0 Å². The van der Waals surface area contributed by atoms with Gasteiger partial charge in [0, 0.05) is 11.3 Å². The van der Waals surface area contributed by atoms with Gasteiger partial charge in [-0.25, -0.2) is 0 Å². The zero-order chi connectivity index (χ0) is 10.8. The van der Waals surface area contributed by atoms with Crippen LogP contribution < -0.4 is 0 Å². The van der Waals surface area contributed by atoms with Crippen molar-refractivity contribution < 1.29 is 4.79 Å². The molecule has 1 heterocycles. The normalized spacial score (nSPS) is 10.3. The molecule has 1 aromatic heterocycles. The highest BCUT2D eigenvalue weighted by molar-refractivity contribution is 5.76. The summed E-state index contributed by atoms with van der Waals surface area (Å²) >= 11 is 0. The van der Waals surface area contributed by atoms with Crippen LogP contribution in [-0.2, 0) is 0 Å². The predicted molar refractivity (Wildman–Crippen MR) is 61.1 cm³/mol. The SMILES string of the molecule is Cc1cccc(-c2ccc(C=O)[nH]2)c1C. The lowest BCUT2D eigenvalue weighted by atomic mass is 10.0. The Hall–Kier alpha value is -1.83. The largest absolute Gasteiger partial charge is 0.352 e. The second kappa shape index (κ2) is 3.73. The molecule has 0 fully saturated rings. The number of aryl methyl sites for hydroxylation is 1. The number of nitrogens with one attached hydrogen (secondary N) is 1. The molecule has 0 unspecified atom stereocenters. The van der Waals surface area contributed by atoms with Gasteiger partial charge in [-0.05, 0) is 37.1 Å². The highest BCUT2D eigenvalue weighted by Crippen LogP contribution is 2.24. The third-order valence-corrected chi connectivity index (χ3v) is 2.73. The van der Waals surface area contributed by atoms with Crippen molar-refractivity contribution in [1.82, 2.24) is 4.98 Å². The Morgan fingerprint density at radius 3 is 2.60 bits per heavy atom. The fourth-order valence-electron chi connectivity index (χ4n) is 1.68. The standard InChI is InChI=1S/C13H13NO/c1-9-4-3-5-12(10(9)2)13-7-6-11(8-15)14-13/h3-8,14H,1-2H3. The fraction of sp³-hybridized carbons (Fsp3) is 0.154. The minimum absolute atomic E-state index is 0.617. The molecule has 0 atom stereocenters. The first-order valence-electron chi connectivity index (χ1n) is 4.93. The van der Waals surface area contributed by atoms with Crippen molar-refractivity contribution in [3.05, 3.63) is 47.2 Å². The Kier molecular flexibility index (Phi) is 2.42. The Balaban J connectivity index is 2.53. The van der Waals surface area contributed by atoms with Crippen LogP contribution in [0, 0.1) is 13.8 Å². The third kappa shape index (κ3) is 1.71. The number of aromatic nitrogens is 1. The number of carbonyl (C=O) groups is 1. The van der Waals surface area contributed by atoms with Crippen molar-refractivity contribution in [2.45, 2.75) is 13.8 Å². The number of aldehydes is 1. The lowest BCUT2D eigenvalue weighted by Gasteiger charge is -2.06. The summed E-state index contributed by atoms with van der Waals surface area (Å²) in [7, 11) is 0. The van der Waals surface area contributed by atoms with E-state index in [1.165, 1.54) is 11.1 Å². The van der Waals surface area contributed by atoms with Crippen molar-refractivity contribution in [2.75, 3.05) is 0 Å². The van der Waals surface area contributed by atoms with Crippen molar-refractivity contribution >= 4 is 6.29 Å². The van der Waals surface area contributed by atoms with Crippen LogP contribution >= 0.6 is 0 Å². The van der Waals surface area contributed by atoms with Gasteiger partial charge >= 0.3 is 0 Å². The molecule has 0 aliphatic carbocycles. The lowest BCUT2D eigenvalue weighted by molar-refractivity contribution is 0.111. The van der Waals surface area contributed by atoms with Gasteiger partial charge in [-0.1, -0.05) is 18.2 Å². The maximum atomic E-state index is 10.6. The highest BCUT2D eigenvalue weighted by Gasteiger charge is 2.05. The second-order valence-electron chi connectivity index (χ2n) is 3.69. The first kappa shape index (κ1) is 9.71. The lowest BCUT2D eigenvalue weighted by Crippen LogP contribution is -1.87. The molecule has 76 valence electrons. The minimum Gasteiger partial charge on any atom is -0.352 e. The number of benzene rings is 1. The third-order valence-electron chi connectivity index (χ3n) is 2.73. The van der Waals surface area contributed by atoms with E-state index in [2.05, 4.69) is 31.0 Å². The van der Waals surface area contributed by atoms with Crippen LogP contribution in [0.2, 0.25) is 0 Å². The molecule has 2 nitrogen and oxygen atoms in total. The Morgan fingerprint density at radius 2 is 1.93 bits per heavy atom. The number of hydrogen-bond acceptors (Lipinski definition) is 1. The van der Waals surface area contributed by atoms with E-state index >= 15 is 0 Å². The van der Waals surface area contributed by atoms with Crippen LogP contribution in [0.25, 0.3) is 11.3 Å². The van der Waals surface area contributed by atoms with Crippen LogP contribution in [0.4, 0.5) is 0 Å². The molecule has 0 spiro atoms. The van der Waals surface area contributed by atoms with Gasteiger partial charge in [-0.3, -0.25) is 4.79 Å². The minimum atomic E-state index is 0.617. The van der Waals surface area contributed by atoms with Crippen molar-refractivity contribution in [2.24, 2.45) is 0 Å². The van der Waals surface area contributed by atoms with Gasteiger partial charge < -0.3 is 4.98 Å². The first-order chi connectivity index (χ1) is 7.22. The van der Waals surface area contributed by atoms with E-state index in [0.29, 0.717) is 5.69 Å². The van der Waals surface area contributed by atoms with E-state index in [9.17, 15) is 4.79 Å². The Bertz CT molecular complexity index is 497. The molecule has 2 aromatic rings. The van der Waals surface area contributed by atoms with Gasteiger partial charge in [0.25, 0.3) is 0 Å². The molecule has 0 amide bonds. The molecular formula is C13H13NO. The van der Waals surface area contributed by atoms with E-state index in [1.54, 1.807) is 6.07 Å². The quantitative estimate of drug-likeness (QED) is 0.740. The first-order valence-corrected chi connectivity index (χ1v) is 4.93. The van der Waals surface area contributed by atoms with Gasteiger partial charge in [0.05, 0.1) is 5.69 Å². The summed E-state index contributed by atoms with van der Waals surface area (Å²) in [5.41, 5.74) is 5.28. The maximum Gasteiger partial charge on any atom is 0.166 e. The monoisotopic (exact) mass is 199 g/mol. The molecule has 2 heteroatoms.